The fourth-order valence-electron chi connectivity index (χ4n) is 3.30. The molecule has 1 saturated heterocycles. The summed E-state index contributed by atoms with van der Waals surface area (Å²) in [7, 11) is 0. The molecule has 2 heterocycles. The highest BCUT2D eigenvalue weighted by molar-refractivity contribution is 5.92. The van der Waals surface area contributed by atoms with Gasteiger partial charge in [-0.05, 0) is 37.0 Å². The maximum atomic E-state index is 12.5. The van der Waals surface area contributed by atoms with Crippen molar-refractivity contribution in [2.75, 3.05) is 18.4 Å². The number of nitrogens with one attached hydrogen (secondary N) is 1. The zero-order chi connectivity index (χ0) is 19.2. The number of carbonyl (C=O) groups excluding carboxylic acids is 2. The third-order valence-corrected chi connectivity index (χ3v) is 5.00. The second-order valence-corrected chi connectivity index (χ2v) is 7.09. The van der Waals surface area contributed by atoms with E-state index in [4.69, 9.17) is 5.73 Å². The van der Waals surface area contributed by atoms with Crippen LogP contribution in [-0.2, 0) is 9.59 Å². The van der Waals surface area contributed by atoms with E-state index < -0.39 is 0 Å². The maximum Gasteiger partial charge on any atom is 0.228 e. The van der Waals surface area contributed by atoms with E-state index >= 15 is 0 Å². The van der Waals surface area contributed by atoms with Gasteiger partial charge in [-0.15, -0.1) is 24.8 Å². The Balaban J connectivity index is 0.00000210. The maximum absolute atomic E-state index is 12.5. The number of anilines is 1. The number of aryl methyl sites for hydroxylation is 1. The zero-order valence-corrected chi connectivity index (χ0v) is 18.0. The van der Waals surface area contributed by atoms with E-state index in [0.29, 0.717) is 31.7 Å². The van der Waals surface area contributed by atoms with Crippen LogP contribution in [0.3, 0.4) is 0 Å². The molecule has 1 aliphatic heterocycles. The number of halogens is 2. The van der Waals surface area contributed by atoms with Crippen molar-refractivity contribution in [3.63, 3.8) is 0 Å². The Kier molecular flexibility index (Phi) is 10.1. The predicted molar refractivity (Wildman–Crippen MR) is 119 cm³/mol. The minimum atomic E-state index is -0.299. The largest absolute Gasteiger partial charge is 0.343 e. The molecular weight excluding hydrogens is 411 g/mol. The minimum absolute atomic E-state index is 0. The van der Waals surface area contributed by atoms with Crippen molar-refractivity contribution in [2.24, 2.45) is 11.7 Å². The van der Waals surface area contributed by atoms with Gasteiger partial charge in [-0.1, -0.05) is 36.4 Å². The lowest BCUT2D eigenvalue weighted by Crippen LogP contribution is -2.42. The molecule has 8 heteroatoms. The van der Waals surface area contributed by atoms with Gasteiger partial charge in [-0.3, -0.25) is 9.59 Å². The summed E-state index contributed by atoms with van der Waals surface area (Å²) < 4.78 is 0. The van der Waals surface area contributed by atoms with E-state index in [0.717, 1.165) is 11.1 Å². The van der Waals surface area contributed by atoms with Gasteiger partial charge in [0, 0.05) is 37.7 Å². The van der Waals surface area contributed by atoms with Crippen LogP contribution in [0.1, 0.15) is 36.4 Å². The summed E-state index contributed by atoms with van der Waals surface area (Å²) in [4.78, 5) is 31.0. The first kappa shape index (κ1) is 24.9. The number of carbonyl (C=O) groups is 2. The number of hydrogen-bond acceptors (Lipinski definition) is 4. The van der Waals surface area contributed by atoms with E-state index in [1.807, 2.05) is 48.2 Å². The van der Waals surface area contributed by atoms with Crippen LogP contribution in [0.25, 0.3) is 0 Å². The normalized spacial score (nSPS) is 14.9. The minimum Gasteiger partial charge on any atom is -0.343 e. The van der Waals surface area contributed by atoms with Gasteiger partial charge < -0.3 is 16.0 Å². The molecule has 29 heavy (non-hydrogen) atoms. The van der Waals surface area contributed by atoms with Crippen molar-refractivity contribution in [3.8, 4) is 0 Å². The highest BCUT2D eigenvalue weighted by atomic mass is 35.5. The van der Waals surface area contributed by atoms with Crippen LogP contribution in [0.2, 0.25) is 0 Å². The monoisotopic (exact) mass is 438 g/mol. The fourth-order valence-corrected chi connectivity index (χ4v) is 3.30. The first-order valence-corrected chi connectivity index (χ1v) is 9.35. The number of nitrogens with two attached hydrogens (primary N) is 1. The van der Waals surface area contributed by atoms with Crippen molar-refractivity contribution >= 4 is 42.4 Å². The summed E-state index contributed by atoms with van der Waals surface area (Å²) in [5.74, 6) is 0.489. The van der Waals surface area contributed by atoms with Gasteiger partial charge >= 0.3 is 0 Å². The lowest BCUT2D eigenvalue weighted by Gasteiger charge is -2.32. The Bertz CT molecular complexity index is 779. The number of aromatic nitrogens is 1. The Morgan fingerprint density at radius 2 is 1.79 bits per heavy atom. The molecule has 1 aliphatic rings. The SMILES string of the molecule is Cc1ccc(NC(=O)C2CCN(C(=O)CC(N)c3ccccc3)CC2)nc1.Cl.Cl. The Labute approximate surface area is 184 Å². The van der Waals surface area contributed by atoms with Crippen molar-refractivity contribution in [2.45, 2.75) is 32.2 Å². The summed E-state index contributed by atoms with van der Waals surface area (Å²) >= 11 is 0. The van der Waals surface area contributed by atoms with E-state index in [9.17, 15) is 9.59 Å². The highest BCUT2D eigenvalue weighted by Gasteiger charge is 2.28. The second kappa shape index (κ2) is 11.8. The first-order valence-electron chi connectivity index (χ1n) is 9.35. The van der Waals surface area contributed by atoms with Crippen LogP contribution < -0.4 is 11.1 Å². The third kappa shape index (κ3) is 6.99. The fraction of sp³-hybridized carbons (Fsp3) is 0.381. The summed E-state index contributed by atoms with van der Waals surface area (Å²) in [5, 5.41) is 2.86. The molecule has 1 fully saturated rings. The number of nitrogens with zero attached hydrogens (tertiary/aromatic N) is 2. The number of likely N-dealkylation sites (tertiary alicyclic amines) is 1. The molecule has 1 atom stereocenters. The van der Waals surface area contributed by atoms with Crippen molar-refractivity contribution in [1.82, 2.24) is 9.88 Å². The molecule has 3 rings (SSSR count). The Hall–Kier alpha value is -2.15. The second-order valence-electron chi connectivity index (χ2n) is 7.09. The summed E-state index contributed by atoms with van der Waals surface area (Å²) in [6.45, 7) is 3.12. The number of piperidine rings is 1. The Morgan fingerprint density at radius 3 is 2.38 bits per heavy atom. The number of amides is 2. The summed E-state index contributed by atoms with van der Waals surface area (Å²) in [5.41, 5.74) is 8.17. The molecule has 0 radical (unpaired) electrons. The van der Waals surface area contributed by atoms with Gasteiger partial charge in [0.05, 0.1) is 0 Å². The number of rotatable bonds is 5. The van der Waals surface area contributed by atoms with Crippen LogP contribution >= 0.6 is 24.8 Å². The highest BCUT2D eigenvalue weighted by Crippen LogP contribution is 2.22. The predicted octanol–water partition coefficient (Wildman–Crippen LogP) is 3.50. The lowest BCUT2D eigenvalue weighted by molar-refractivity contribution is -0.134. The van der Waals surface area contributed by atoms with Gasteiger partial charge in [-0.2, -0.15) is 0 Å². The van der Waals surface area contributed by atoms with Crippen LogP contribution in [0.5, 0.6) is 0 Å². The van der Waals surface area contributed by atoms with Gasteiger partial charge in [0.25, 0.3) is 0 Å². The molecule has 2 amide bonds. The molecule has 1 aromatic carbocycles. The van der Waals surface area contributed by atoms with Crippen LogP contribution in [-0.4, -0.2) is 34.8 Å². The van der Waals surface area contributed by atoms with Crippen LogP contribution in [0, 0.1) is 12.8 Å². The molecule has 0 aliphatic carbocycles. The average Bonchev–Trinajstić information content (AvgIpc) is 2.70. The molecule has 0 spiro atoms. The van der Waals surface area contributed by atoms with Crippen molar-refractivity contribution in [1.29, 1.82) is 0 Å². The van der Waals surface area contributed by atoms with E-state index in [2.05, 4.69) is 10.3 Å². The molecule has 0 bridgehead atoms. The standard InChI is InChI=1S/C21H26N4O2.2ClH/c1-15-7-8-19(23-14-15)24-21(27)17-9-11-25(12-10-17)20(26)13-18(22)16-5-3-2-4-6-16;;/h2-8,14,17-18H,9-13,22H2,1H3,(H,23,24,27);2*1H. The molecule has 158 valence electrons. The molecular formula is C21H28Cl2N4O2. The van der Waals surface area contributed by atoms with Crippen molar-refractivity contribution < 1.29 is 9.59 Å². The lowest BCUT2D eigenvalue weighted by atomic mass is 9.95. The van der Waals surface area contributed by atoms with E-state index in [-0.39, 0.29) is 55.0 Å². The van der Waals surface area contributed by atoms with Gasteiger partial charge in [-0.25, -0.2) is 4.98 Å². The molecule has 1 aromatic heterocycles. The molecule has 1 unspecified atom stereocenters. The number of benzene rings is 1. The molecule has 6 nitrogen and oxygen atoms in total. The summed E-state index contributed by atoms with van der Waals surface area (Å²) in [6.07, 6.45) is 3.33. The van der Waals surface area contributed by atoms with Crippen LogP contribution in [0.4, 0.5) is 5.82 Å². The van der Waals surface area contributed by atoms with Crippen molar-refractivity contribution in [3.05, 3.63) is 59.8 Å². The molecule has 0 saturated carbocycles. The van der Waals surface area contributed by atoms with Crippen LogP contribution in [0.15, 0.2) is 48.7 Å². The number of hydrogen-bond donors (Lipinski definition) is 2. The third-order valence-electron chi connectivity index (χ3n) is 5.00. The van der Waals surface area contributed by atoms with E-state index in [1.165, 1.54) is 0 Å². The number of pyridine rings is 1. The zero-order valence-electron chi connectivity index (χ0n) is 16.4. The molecule has 2 aromatic rings. The topological polar surface area (TPSA) is 88.3 Å². The van der Waals surface area contributed by atoms with Gasteiger partial charge in [0.15, 0.2) is 0 Å². The average molecular weight is 439 g/mol. The van der Waals surface area contributed by atoms with Gasteiger partial charge in [0.2, 0.25) is 11.8 Å². The molecule has 3 N–H and O–H groups in total. The van der Waals surface area contributed by atoms with E-state index in [1.54, 1.807) is 12.3 Å². The summed E-state index contributed by atoms with van der Waals surface area (Å²) in [6, 6.07) is 13.1. The van der Waals surface area contributed by atoms with Gasteiger partial charge in [0.1, 0.15) is 5.82 Å². The quantitative estimate of drug-likeness (QED) is 0.747. The Morgan fingerprint density at radius 1 is 1.14 bits per heavy atom. The first-order chi connectivity index (χ1) is 13.0. The smallest absolute Gasteiger partial charge is 0.228 e.